The van der Waals surface area contributed by atoms with Crippen molar-refractivity contribution in [1.82, 2.24) is 4.90 Å². The van der Waals surface area contributed by atoms with E-state index in [0.29, 0.717) is 17.8 Å². The maximum Gasteiger partial charge on any atom is 0.232 e. The molecule has 0 spiro atoms. The molecule has 0 aliphatic rings. The Morgan fingerprint density at radius 3 is 2.41 bits per heavy atom. The van der Waals surface area contributed by atoms with E-state index in [1.54, 1.807) is 18.2 Å². The lowest BCUT2D eigenvalue weighted by Gasteiger charge is -2.25. The molecule has 0 bridgehead atoms. The van der Waals surface area contributed by atoms with E-state index >= 15 is 0 Å². The lowest BCUT2D eigenvalue weighted by Crippen LogP contribution is -2.31. The Balaban J connectivity index is 2.26. The van der Waals surface area contributed by atoms with Crippen molar-refractivity contribution in [1.29, 1.82) is 0 Å². The summed E-state index contributed by atoms with van der Waals surface area (Å²) in [6, 6.07) is 16.6. The molecule has 0 aromatic heterocycles. The molecule has 1 N–H and O–H groups in total. The molecular weight excluding hydrogens is 428 g/mol. The lowest BCUT2D eigenvalue weighted by molar-refractivity contribution is 0.120. The molecule has 0 fully saturated rings. The minimum absolute atomic E-state index is 0.254. The quantitative estimate of drug-likeness (QED) is 0.558. The van der Waals surface area contributed by atoms with E-state index in [0.717, 1.165) is 24.0 Å². The van der Waals surface area contributed by atoms with E-state index in [9.17, 15) is 13.5 Å². The summed E-state index contributed by atoms with van der Waals surface area (Å²) in [6.07, 6.45) is 0.524. The van der Waals surface area contributed by atoms with Crippen LogP contribution in [0.2, 0.25) is 0 Å². The number of alkyl halides is 1. The summed E-state index contributed by atoms with van der Waals surface area (Å²) in [7, 11) is -3.46. The monoisotopic (exact) mass is 454 g/mol. The van der Waals surface area contributed by atoms with Crippen molar-refractivity contribution in [3.05, 3.63) is 65.7 Å². The Kier molecular flexibility index (Phi) is 8.28. The van der Waals surface area contributed by atoms with Crippen molar-refractivity contribution in [2.75, 3.05) is 35.5 Å². The van der Waals surface area contributed by atoms with Crippen LogP contribution in [0, 0.1) is 0 Å². The second-order valence-corrected chi connectivity index (χ2v) is 9.15. The van der Waals surface area contributed by atoms with Crippen LogP contribution >= 0.6 is 15.9 Å². The Labute approximate surface area is 170 Å². The number of aliphatic hydroxyl groups is 1. The fraction of sp³-hybridized carbons (Fsp3) is 0.400. The highest BCUT2D eigenvalue weighted by Crippen LogP contribution is 2.25. The maximum atomic E-state index is 12.4. The van der Waals surface area contributed by atoms with E-state index in [2.05, 4.69) is 27.8 Å². The molecule has 2 aromatic carbocycles. The van der Waals surface area contributed by atoms with Gasteiger partial charge >= 0.3 is 0 Å². The third-order valence-corrected chi connectivity index (χ3v) is 5.89. The summed E-state index contributed by atoms with van der Waals surface area (Å²) >= 11 is 3.42. The predicted octanol–water partition coefficient (Wildman–Crippen LogP) is 3.40. The van der Waals surface area contributed by atoms with E-state index in [-0.39, 0.29) is 6.54 Å². The van der Waals surface area contributed by atoms with Gasteiger partial charge in [-0.05, 0) is 29.8 Å². The highest BCUT2D eigenvalue weighted by Gasteiger charge is 2.20. The molecule has 0 heterocycles. The summed E-state index contributed by atoms with van der Waals surface area (Å²) in [4.78, 5) is 2.14. The Morgan fingerprint density at radius 1 is 1.11 bits per heavy atom. The number of sulfonamides is 1. The van der Waals surface area contributed by atoms with Gasteiger partial charge in [-0.1, -0.05) is 65.3 Å². The molecular formula is C20H27BrN2O3S. The van der Waals surface area contributed by atoms with Crippen LogP contribution in [0.4, 0.5) is 5.69 Å². The molecule has 1 atom stereocenters. The third kappa shape index (κ3) is 6.60. The zero-order chi connectivity index (χ0) is 19.9. The topological polar surface area (TPSA) is 60.9 Å². The number of nitrogens with zero attached hydrogens (tertiary/aromatic N) is 2. The summed E-state index contributed by atoms with van der Waals surface area (Å²) in [5.41, 5.74) is 2.17. The number of likely N-dealkylation sites (N-methyl/N-ethyl adjacent to an activating group) is 1. The average Bonchev–Trinajstić information content (AvgIpc) is 2.65. The second kappa shape index (κ2) is 10.2. The molecule has 2 rings (SSSR count). The number of aliphatic hydroxyl groups excluding tert-OH is 1. The summed E-state index contributed by atoms with van der Waals surface area (Å²) in [5.74, 6) is 0. The minimum Gasteiger partial charge on any atom is -0.387 e. The molecule has 5 nitrogen and oxygen atoms in total. The van der Waals surface area contributed by atoms with E-state index in [1.165, 1.54) is 10.6 Å². The third-order valence-electron chi connectivity index (χ3n) is 4.39. The number of hydrogen-bond acceptors (Lipinski definition) is 4. The summed E-state index contributed by atoms with van der Waals surface area (Å²) in [6.45, 7) is 4.49. The molecule has 0 aliphatic carbocycles. The van der Waals surface area contributed by atoms with Crippen LogP contribution in [0.25, 0.3) is 0 Å². The van der Waals surface area contributed by atoms with Crippen LogP contribution in [0.15, 0.2) is 54.6 Å². The Hall–Kier alpha value is -1.41. The average molecular weight is 455 g/mol. The van der Waals surface area contributed by atoms with E-state index < -0.39 is 16.1 Å². The molecule has 148 valence electrons. The summed E-state index contributed by atoms with van der Waals surface area (Å²) < 4.78 is 26.1. The smallest absolute Gasteiger partial charge is 0.232 e. The molecule has 0 aliphatic heterocycles. The number of rotatable bonds is 10. The second-order valence-electron chi connectivity index (χ2n) is 6.45. The minimum atomic E-state index is -3.46. The number of benzene rings is 2. The standard InChI is InChI=1S/C20H27BrN2O3S/c1-3-22(13-12-21)16-20(24)18-10-7-11-19(14-18)23(27(2,25)26)15-17-8-5-4-6-9-17/h4-11,14,20,24H,3,12-13,15-16H2,1-2H3/t20-/m0/s1. The lowest BCUT2D eigenvalue weighted by atomic mass is 10.1. The van der Waals surface area contributed by atoms with Crippen molar-refractivity contribution < 1.29 is 13.5 Å². The first-order valence-electron chi connectivity index (χ1n) is 8.93. The van der Waals surface area contributed by atoms with Crippen LogP contribution in [0.1, 0.15) is 24.2 Å². The zero-order valence-corrected chi connectivity index (χ0v) is 18.2. The SMILES string of the molecule is CCN(CCBr)C[C@H](O)c1cccc(N(Cc2ccccc2)S(C)(=O)=O)c1. The Bertz CT molecular complexity index is 815. The van der Waals surface area contributed by atoms with Gasteiger partial charge in [0.2, 0.25) is 10.0 Å². The fourth-order valence-electron chi connectivity index (χ4n) is 2.88. The van der Waals surface area contributed by atoms with Crippen LogP contribution < -0.4 is 4.31 Å². The van der Waals surface area contributed by atoms with Crippen LogP contribution in [0.5, 0.6) is 0 Å². The van der Waals surface area contributed by atoms with E-state index in [4.69, 9.17) is 0 Å². The van der Waals surface area contributed by atoms with Gasteiger partial charge in [0.25, 0.3) is 0 Å². The van der Waals surface area contributed by atoms with Crippen LogP contribution in [-0.2, 0) is 16.6 Å². The van der Waals surface area contributed by atoms with Gasteiger partial charge < -0.3 is 5.11 Å². The van der Waals surface area contributed by atoms with Gasteiger partial charge in [-0.3, -0.25) is 9.21 Å². The van der Waals surface area contributed by atoms with Gasteiger partial charge in [-0.15, -0.1) is 0 Å². The molecule has 0 saturated carbocycles. The molecule has 0 saturated heterocycles. The molecule has 0 unspecified atom stereocenters. The van der Waals surface area contributed by atoms with Crippen molar-refractivity contribution in [3.63, 3.8) is 0 Å². The maximum absolute atomic E-state index is 12.4. The fourth-order valence-corrected chi connectivity index (χ4v) is 4.27. The number of hydrogen-bond donors (Lipinski definition) is 1. The van der Waals surface area contributed by atoms with Crippen molar-refractivity contribution in [2.24, 2.45) is 0 Å². The highest BCUT2D eigenvalue weighted by atomic mass is 79.9. The van der Waals surface area contributed by atoms with Crippen LogP contribution in [-0.4, -0.2) is 49.6 Å². The van der Waals surface area contributed by atoms with Crippen molar-refractivity contribution >= 4 is 31.6 Å². The molecule has 27 heavy (non-hydrogen) atoms. The Morgan fingerprint density at radius 2 is 1.81 bits per heavy atom. The van der Waals surface area contributed by atoms with Gasteiger partial charge in [0.15, 0.2) is 0 Å². The first-order valence-corrected chi connectivity index (χ1v) is 11.9. The van der Waals surface area contributed by atoms with E-state index in [1.807, 2.05) is 36.4 Å². The predicted molar refractivity (Wildman–Crippen MR) is 115 cm³/mol. The molecule has 2 aromatic rings. The molecule has 0 radical (unpaired) electrons. The van der Waals surface area contributed by atoms with Gasteiger partial charge in [0, 0.05) is 18.4 Å². The van der Waals surface area contributed by atoms with Crippen molar-refractivity contribution in [2.45, 2.75) is 19.6 Å². The normalized spacial score (nSPS) is 12.9. The van der Waals surface area contributed by atoms with Gasteiger partial charge in [-0.2, -0.15) is 0 Å². The van der Waals surface area contributed by atoms with Crippen molar-refractivity contribution in [3.8, 4) is 0 Å². The number of anilines is 1. The molecule has 7 heteroatoms. The molecule has 0 amide bonds. The first-order chi connectivity index (χ1) is 12.8. The van der Waals surface area contributed by atoms with Gasteiger partial charge in [-0.25, -0.2) is 8.42 Å². The zero-order valence-electron chi connectivity index (χ0n) is 15.8. The first kappa shape index (κ1) is 21.9. The highest BCUT2D eigenvalue weighted by molar-refractivity contribution is 9.09. The largest absolute Gasteiger partial charge is 0.387 e. The summed E-state index contributed by atoms with van der Waals surface area (Å²) in [5, 5.41) is 11.5. The van der Waals surface area contributed by atoms with Crippen LogP contribution in [0.3, 0.4) is 0 Å². The van der Waals surface area contributed by atoms with Gasteiger partial charge in [0.1, 0.15) is 0 Å². The van der Waals surface area contributed by atoms with Gasteiger partial charge in [0.05, 0.1) is 24.6 Å². The number of halogens is 1.